The molecule has 2 fully saturated rings. The first-order chi connectivity index (χ1) is 7.24. The summed E-state index contributed by atoms with van der Waals surface area (Å²) in [5.74, 6) is 0.347. The molecule has 1 saturated heterocycles. The van der Waals surface area contributed by atoms with Crippen molar-refractivity contribution in [1.82, 2.24) is 0 Å². The SMILES string of the molecule is OC[C@H]1OC(C2CCCCC2)[C@H](O)[C@H]1O. The zero-order chi connectivity index (χ0) is 10.8. The van der Waals surface area contributed by atoms with Crippen LogP contribution in [0, 0.1) is 5.92 Å². The summed E-state index contributed by atoms with van der Waals surface area (Å²) in [6, 6.07) is 0. The van der Waals surface area contributed by atoms with E-state index in [1.54, 1.807) is 0 Å². The minimum absolute atomic E-state index is 0.221. The van der Waals surface area contributed by atoms with Gasteiger partial charge < -0.3 is 20.1 Å². The summed E-state index contributed by atoms with van der Waals surface area (Å²) in [7, 11) is 0. The van der Waals surface area contributed by atoms with Gasteiger partial charge in [-0.3, -0.25) is 0 Å². The van der Waals surface area contributed by atoms with E-state index in [1.165, 1.54) is 19.3 Å². The molecular weight excluding hydrogens is 196 g/mol. The largest absolute Gasteiger partial charge is 0.394 e. The highest BCUT2D eigenvalue weighted by molar-refractivity contribution is 4.94. The molecular formula is C11H20O4. The fourth-order valence-electron chi connectivity index (χ4n) is 2.78. The minimum atomic E-state index is -0.929. The molecule has 0 amide bonds. The Morgan fingerprint density at radius 3 is 2.20 bits per heavy atom. The Balaban J connectivity index is 1.97. The van der Waals surface area contributed by atoms with Gasteiger partial charge in [-0.05, 0) is 18.8 Å². The third-order valence-electron chi connectivity index (χ3n) is 3.69. The Hall–Kier alpha value is -0.160. The quantitative estimate of drug-likeness (QED) is 0.610. The highest BCUT2D eigenvalue weighted by Gasteiger charge is 2.45. The van der Waals surface area contributed by atoms with Crippen molar-refractivity contribution in [3.05, 3.63) is 0 Å². The molecule has 1 aliphatic heterocycles. The van der Waals surface area contributed by atoms with Gasteiger partial charge in [-0.25, -0.2) is 0 Å². The Morgan fingerprint density at radius 2 is 1.67 bits per heavy atom. The number of hydrogen-bond acceptors (Lipinski definition) is 4. The van der Waals surface area contributed by atoms with E-state index in [1.807, 2.05) is 0 Å². The summed E-state index contributed by atoms with van der Waals surface area (Å²) >= 11 is 0. The molecule has 0 aromatic carbocycles. The fraction of sp³-hybridized carbons (Fsp3) is 1.00. The zero-order valence-corrected chi connectivity index (χ0v) is 8.88. The molecule has 1 unspecified atom stereocenters. The van der Waals surface area contributed by atoms with Gasteiger partial charge in [-0.2, -0.15) is 0 Å². The summed E-state index contributed by atoms with van der Waals surface area (Å²) in [6.07, 6.45) is 3.09. The summed E-state index contributed by atoms with van der Waals surface area (Å²) in [5.41, 5.74) is 0. The molecule has 1 saturated carbocycles. The maximum Gasteiger partial charge on any atom is 0.111 e. The third kappa shape index (κ3) is 2.18. The predicted octanol–water partition coefficient (Wildman–Crippen LogP) is 0.0482. The average Bonchev–Trinajstić information content (AvgIpc) is 2.57. The van der Waals surface area contributed by atoms with Crippen molar-refractivity contribution in [1.29, 1.82) is 0 Å². The lowest BCUT2D eigenvalue weighted by Crippen LogP contribution is -2.37. The highest BCUT2D eigenvalue weighted by atomic mass is 16.6. The highest BCUT2D eigenvalue weighted by Crippen LogP contribution is 2.34. The molecule has 1 heterocycles. The van der Waals surface area contributed by atoms with Crippen LogP contribution < -0.4 is 0 Å². The van der Waals surface area contributed by atoms with Crippen molar-refractivity contribution in [3.63, 3.8) is 0 Å². The maximum atomic E-state index is 9.83. The Bertz CT molecular complexity index is 203. The predicted molar refractivity (Wildman–Crippen MR) is 54.3 cm³/mol. The molecule has 1 aliphatic carbocycles. The van der Waals surface area contributed by atoms with Crippen molar-refractivity contribution in [2.45, 2.75) is 56.5 Å². The lowest BCUT2D eigenvalue weighted by atomic mass is 9.83. The molecule has 0 aromatic rings. The number of aliphatic hydroxyl groups excluding tert-OH is 3. The Kier molecular flexibility index (Phi) is 3.61. The molecule has 2 aliphatic rings. The first kappa shape index (κ1) is 11.3. The molecule has 0 bridgehead atoms. The number of rotatable bonds is 2. The van der Waals surface area contributed by atoms with Crippen LogP contribution in [0.15, 0.2) is 0 Å². The van der Waals surface area contributed by atoms with Crippen molar-refractivity contribution < 1.29 is 20.1 Å². The number of aliphatic hydroxyl groups is 3. The standard InChI is InChI=1S/C11H20O4/c12-6-8-9(13)10(14)11(15-8)7-4-2-1-3-5-7/h7-14H,1-6H2/t8-,9+,10-,11?/m1/s1. The minimum Gasteiger partial charge on any atom is -0.394 e. The van der Waals surface area contributed by atoms with Gasteiger partial charge in [0.15, 0.2) is 0 Å². The molecule has 0 radical (unpaired) electrons. The Morgan fingerprint density at radius 1 is 1.00 bits per heavy atom. The van der Waals surface area contributed by atoms with E-state index in [0.717, 1.165) is 12.8 Å². The molecule has 4 atom stereocenters. The van der Waals surface area contributed by atoms with E-state index in [0.29, 0.717) is 5.92 Å². The van der Waals surface area contributed by atoms with Gasteiger partial charge >= 0.3 is 0 Å². The second kappa shape index (κ2) is 4.78. The molecule has 3 N–H and O–H groups in total. The van der Waals surface area contributed by atoms with E-state index < -0.39 is 18.3 Å². The number of hydrogen-bond donors (Lipinski definition) is 3. The van der Waals surface area contributed by atoms with E-state index in [2.05, 4.69) is 0 Å². The van der Waals surface area contributed by atoms with Crippen molar-refractivity contribution >= 4 is 0 Å². The third-order valence-corrected chi connectivity index (χ3v) is 3.69. The van der Waals surface area contributed by atoms with Crippen LogP contribution in [-0.4, -0.2) is 46.3 Å². The second-order valence-electron chi connectivity index (χ2n) is 4.70. The van der Waals surface area contributed by atoms with Crippen molar-refractivity contribution in [2.24, 2.45) is 5.92 Å². The van der Waals surface area contributed by atoms with E-state index in [4.69, 9.17) is 9.84 Å². The maximum absolute atomic E-state index is 9.83. The molecule has 15 heavy (non-hydrogen) atoms. The molecule has 0 aromatic heterocycles. The van der Waals surface area contributed by atoms with E-state index in [-0.39, 0.29) is 12.7 Å². The van der Waals surface area contributed by atoms with Crippen LogP contribution in [0.4, 0.5) is 0 Å². The molecule has 4 nitrogen and oxygen atoms in total. The molecule has 88 valence electrons. The first-order valence-corrected chi connectivity index (χ1v) is 5.86. The van der Waals surface area contributed by atoms with Crippen LogP contribution in [-0.2, 0) is 4.74 Å². The van der Waals surface area contributed by atoms with Gasteiger partial charge in [0, 0.05) is 0 Å². The lowest BCUT2D eigenvalue weighted by Gasteiger charge is -2.28. The van der Waals surface area contributed by atoms with Gasteiger partial charge in [-0.15, -0.1) is 0 Å². The van der Waals surface area contributed by atoms with E-state index in [9.17, 15) is 10.2 Å². The zero-order valence-electron chi connectivity index (χ0n) is 8.88. The topological polar surface area (TPSA) is 69.9 Å². The van der Waals surface area contributed by atoms with Gasteiger partial charge in [0.2, 0.25) is 0 Å². The van der Waals surface area contributed by atoms with Crippen LogP contribution in [0.25, 0.3) is 0 Å². The van der Waals surface area contributed by atoms with Crippen molar-refractivity contribution in [3.8, 4) is 0 Å². The van der Waals surface area contributed by atoms with Gasteiger partial charge in [0.1, 0.15) is 18.3 Å². The van der Waals surface area contributed by atoms with Crippen molar-refractivity contribution in [2.75, 3.05) is 6.61 Å². The summed E-state index contributed by atoms with van der Waals surface area (Å²) < 4.78 is 5.52. The first-order valence-electron chi connectivity index (χ1n) is 5.86. The lowest BCUT2D eigenvalue weighted by molar-refractivity contribution is -0.0499. The van der Waals surface area contributed by atoms with Gasteiger partial charge in [0.05, 0.1) is 12.7 Å². The van der Waals surface area contributed by atoms with Gasteiger partial charge in [0.25, 0.3) is 0 Å². The molecule has 4 heteroatoms. The number of ether oxygens (including phenoxy) is 1. The molecule has 0 spiro atoms. The van der Waals surface area contributed by atoms with Crippen LogP contribution in [0.3, 0.4) is 0 Å². The summed E-state index contributed by atoms with van der Waals surface area (Å²) in [6.45, 7) is -0.221. The van der Waals surface area contributed by atoms with Crippen LogP contribution in [0.2, 0.25) is 0 Å². The summed E-state index contributed by atoms with van der Waals surface area (Å²) in [4.78, 5) is 0. The molecule has 2 rings (SSSR count). The van der Waals surface area contributed by atoms with Crippen LogP contribution in [0.1, 0.15) is 32.1 Å². The normalized spacial score (nSPS) is 43.4. The Labute approximate surface area is 89.9 Å². The van der Waals surface area contributed by atoms with E-state index >= 15 is 0 Å². The average molecular weight is 216 g/mol. The summed E-state index contributed by atoms with van der Waals surface area (Å²) in [5, 5.41) is 28.4. The fourth-order valence-corrected chi connectivity index (χ4v) is 2.78. The second-order valence-corrected chi connectivity index (χ2v) is 4.70. The van der Waals surface area contributed by atoms with Crippen LogP contribution >= 0.6 is 0 Å². The van der Waals surface area contributed by atoms with Crippen LogP contribution in [0.5, 0.6) is 0 Å². The monoisotopic (exact) mass is 216 g/mol. The smallest absolute Gasteiger partial charge is 0.111 e. The van der Waals surface area contributed by atoms with Gasteiger partial charge in [-0.1, -0.05) is 19.3 Å².